The molecule has 1 aromatic carbocycles. The van der Waals surface area contributed by atoms with E-state index >= 15 is 0 Å². The molecule has 13 heteroatoms. The molecule has 4 unspecified atom stereocenters. The van der Waals surface area contributed by atoms with E-state index in [2.05, 4.69) is 20.9 Å². The Labute approximate surface area is 230 Å². The molecule has 0 aliphatic rings. The van der Waals surface area contributed by atoms with Crippen LogP contribution in [-0.2, 0) is 30.4 Å². The van der Waals surface area contributed by atoms with E-state index in [-0.39, 0.29) is 25.7 Å². The summed E-state index contributed by atoms with van der Waals surface area (Å²) >= 11 is 1.45. The average Bonchev–Trinajstić information content (AvgIpc) is 3.29. The number of hydrogen-bond acceptors (Lipinski definition) is 7. The second kappa shape index (κ2) is 15.1. The molecular weight excluding hydrogens is 526 g/mol. The summed E-state index contributed by atoms with van der Waals surface area (Å²) in [6.45, 7) is 3.40. The molecule has 0 saturated heterocycles. The number of aromatic amines is 1. The third-order valence-corrected chi connectivity index (χ3v) is 6.85. The van der Waals surface area contributed by atoms with Crippen LogP contribution in [0.3, 0.4) is 0 Å². The molecule has 214 valence electrons. The Bertz CT molecular complexity index is 1170. The Balaban J connectivity index is 2.27. The zero-order valence-corrected chi connectivity index (χ0v) is 23.0. The fourth-order valence-corrected chi connectivity index (χ4v) is 4.43. The first-order valence-corrected chi connectivity index (χ1v) is 14.0. The number of carbonyl (C=O) groups is 5. The van der Waals surface area contributed by atoms with Crippen LogP contribution in [0.5, 0.6) is 0 Å². The minimum absolute atomic E-state index is 0.0628. The lowest BCUT2D eigenvalue weighted by molar-refractivity contribution is -0.142. The fraction of sp³-hybridized carbons (Fsp3) is 0.500. The summed E-state index contributed by atoms with van der Waals surface area (Å²) < 4.78 is 0. The summed E-state index contributed by atoms with van der Waals surface area (Å²) in [5.41, 5.74) is 7.37. The van der Waals surface area contributed by atoms with Gasteiger partial charge in [-0.05, 0) is 42.4 Å². The lowest BCUT2D eigenvalue weighted by Gasteiger charge is -2.27. The number of carboxylic acids is 2. The molecule has 0 radical (unpaired) electrons. The predicted octanol–water partition coefficient (Wildman–Crippen LogP) is 0.851. The third-order valence-electron chi connectivity index (χ3n) is 6.21. The van der Waals surface area contributed by atoms with Gasteiger partial charge in [-0.25, -0.2) is 4.79 Å². The summed E-state index contributed by atoms with van der Waals surface area (Å²) in [5, 5.41) is 27.0. The number of aromatic nitrogens is 1. The number of rotatable bonds is 16. The molecular formula is C26H37N5O7S. The largest absolute Gasteiger partial charge is 0.481 e. The van der Waals surface area contributed by atoms with E-state index in [0.29, 0.717) is 5.75 Å². The third kappa shape index (κ3) is 9.59. The number of fused-ring (bicyclic) bond motifs is 1. The SMILES string of the molecule is CSCCC(NC(=O)C(Cc1c[nH]c2ccccc12)NC(=O)C(NC(=O)C(N)CCC(=O)O)C(C)C)C(=O)O. The molecule has 0 aliphatic carbocycles. The molecule has 8 N–H and O–H groups in total. The molecule has 0 fully saturated rings. The quantitative estimate of drug-likeness (QED) is 0.154. The lowest BCUT2D eigenvalue weighted by Crippen LogP contribution is -2.59. The van der Waals surface area contributed by atoms with E-state index in [1.807, 2.05) is 30.5 Å². The molecule has 0 bridgehead atoms. The molecule has 0 saturated carbocycles. The zero-order chi connectivity index (χ0) is 29.1. The van der Waals surface area contributed by atoms with Crippen LogP contribution in [-0.4, -0.2) is 81.0 Å². The van der Waals surface area contributed by atoms with Crippen molar-refractivity contribution in [1.82, 2.24) is 20.9 Å². The maximum Gasteiger partial charge on any atom is 0.326 e. The normalized spacial score (nSPS) is 14.3. The van der Waals surface area contributed by atoms with Crippen molar-refractivity contribution in [3.05, 3.63) is 36.0 Å². The number of H-pyrrole nitrogens is 1. The summed E-state index contributed by atoms with van der Waals surface area (Å²) in [5.74, 6) is -4.18. The Morgan fingerprint density at radius 2 is 1.62 bits per heavy atom. The van der Waals surface area contributed by atoms with E-state index in [1.54, 1.807) is 20.0 Å². The average molecular weight is 564 g/mol. The number of nitrogens with two attached hydrogens (primary N) is 1. The highest BCUT2D eigenvalue weighted by Crippen LogP contribution is 2.19. The first kappa shape index (κ1) is 31.6. The number of para-hydroxylation sites is 1. The molecule has 0 spiro atoms. The van der Waals surface area contributed by atoms with Crippen molar-refractivity contribution in [3.63, 3.8) is 0 Å². The van der Waals surface area contributed by atoms with Gasteiger partial charge in [0.25, 0.3) is 0 Å². The van der Waals surface area contributed by atoms with E-state index < -0.39 is 59.7 Å². The van der Waals surface area contributed by atoms with Crippen LogP contribution in [0.15, 0.2) is 30.5 Å². The van der Waals surface area contributed by atoms with Crippen molar-refractivity contribution >= 4 is 52.3 Å². The molecule has 1 heterocycles. The minimum atomic E-state index is -1.18. The van der Waals surface area contributed by atoms with Crippen LogP contribution in [0.4, 0.5) is 0 Å². The van der Waals surface area contributed by atoms with Gasteiger partial charge < -0.3 is 36.9 Å². The number of amides is 3. The summed E-state index contributed by atoms with van der Waals surface area (Å²) in [6, 6.07) is 2.95. The molecule has 2 rings (SSSR count). The number of hydrogen-bond donors (Lipinski definition) is 7. The Morgan fingerprint density at radius 1 is 0.949 bits per heavy atom. The molecule has 3 amide bonds. The topological polar surface area (TPSA) is 204 Å². The van der Waals surface area contributed by atoms with Crippen molar-refractivity contribution in [2.75, 3.05) is 12.0 Å². The smallest absolute Gasteiger partial charge is 0.326 e. The summed E-state index contributed by atoms with van der Waals surface area (Å²) in [4.78, 5) is 64.9. The van der Waals surface area contributed by atoms with Crippen molar-refractivity contribution < 1.29 is 34.2 Å². The minimum Gasteiger partial charge on any atom is -0.481 e. The fourth-order valence-electron chi connectivity index (χ4n) is 3.96. The van der Waals surface area contributed by atoms with Gasteiger partial charge in [-0.2, -0.15) is 11.8 Å². The van der Waals surface area contributed by atoms with Crippen LogP contribution in [0, 0.1) is 5.92 Å². The van der Waals surface area contributed by atoms with Gasteiger partial charge in [0, 0.05) is 29.9 Å². The highest BCUT2D eigenvalue weighted by atomic mass is 32.2. The van der Waals surface area contributed by atoms with Crippen LogP contribution in [0.25, 0.3) is 10.9 Å². The maximum atomic E-state index is 13.3. The van der Waals surface area contributed by atoms with Crippen LogP contribution < -0.4 is 21.7 Å². The molecule has 39 heavy (non-hydrogen) atoms. The second-order valence-corrected chi connectivity index (χ2v) is 10.6. The van der Waals surface area contributed by atoms with Gasteiger partial charge in [0.1, 0.15) is 18.1 Å². The number of benzene rings is 1. The first-order chi connectivity index (χ1) is 18.4. The van der Waals surface area contributed by atoms with Gasteiger partial charge in [-0.1, -0.05) is 32.0 Å². The number of thioether (sulfide) groups is 1. The van der Waals surface area contributed by atoms with Gasteiger partial charge in [0.2, 0.25) is 17.7 Å². The highest BCUT2D eigenvalue weighted by Gasteiger charge is 2.32. The van der Waals surface area contributed by atoms with Crippen LogP contribution in [0.2, 0.25) is 0 Å². The summed E-state index contributed by atoms with van der Waals surface area (Å²) in [7, 11) is 0. The van der Waals surface area contributed by atoms with E-state index in [0.717, 1.165) is 16.5 Å². The van der Waals surface area contributed by atoms with Gasteiger partial charge in [0.15, 0.2) is 0 Å². The second-order valence-electron chi connectivity index (χ2n) is 9.57. The molecule has 1 aromatic heterocycles. The van der Waals surface area contributed by atoms with E-state index in [4.69, 9.17) is 10.8 Å². The zero-order valence-electron chi connectivity index (χ0n) is 22.2. The maximum absolute atomic E-state index is 13.3. The molecule has 0 aliphatic heterocycles. The highest BCUT2D eigenvalue weighted by molar-refractivity contribution is 7.98. The van der Waals surface area contributed by atoms with Crippen LogP contribution >= 0.6 is 11.8 Å². The number of nitrogens with one attached hydrogen (secondary N) is 4. The van der Waals surface area contributed by atoms with Gasteiger partial charge in [-0.3, -0.25) is 19.2 Å². The lowest BCUT2D eigenvalue weighted by atomic mass is 9.99. The molecule has 2 aromatic rings. The Kier molecular flexibility index (Phi) is 12.3. The monoisotopic (exact) mass is 563 g/mol. The Morgan fingerprint density at radius 3 is 2.23 bits per heavy atom. The molecule has 12 nitrogen and oxygen atoms in total. The summed E-state index contributed by atoms with van der Waals surface area (Å²) in [6.07, 6.45) is 3.41. The van der Waals surface area contributed by atoms with Crippen molar-refractivity contribution in [3.8, 4) is 0 Å². The first-order valence-electron chi connectivity index (χ1n) is 12.6. The number of aliphatic carboxylic acids is 2. The van der Waals surface area contributed by atoms with Crippen molar-refractivity contribution in [2.24, 2.45) is 11.7 Å². The number of carbonyl (C=O) groups excluding carboxylic acids is 3. The predicted molar refractivity (Wildman–Crippen MR) is 148 cm³/mol. The molecule has 4 atom stereocenters. The number of carboxylic acid groups (broad SMARTS) is 2. The van der Waals surface area contributed by atoms with Crippen molar-refractivity contribution in [2.45, 2.75) is 63.7 Å². The van der Waals surface area contributed by atoms with Gasteiger partial charge >= 0.3 is 11.9 Å². The van der Waals surface area contributed by atoms with Crippen molar-refractivity contribution in [1.29, 1.82) is 0 Å². The van der Waals surface area contributed by atoms with Gasteiger partial charge in [0.05, 0.1) is 6.04 Å². The Hall–Kier alpha value is -3.58. The van der Waals surface area contributed by atoms with Crippen LogP contribution in [0.1, 0.15) is 38.7 Å². The van der Waals surface area contributed by atoms with E-state index in [1.165, 1.54) is 11.8 Å². The van der Waals surface area contributed by atoms with Gasteiger partial charge in [-0.15, -0.1) is 0 Å². The standard InChI is InChI=1S/C26H37N5O7S/c1-14(2)22(31-23(34)17(27)8-9-21(32)33)25(36)30-20(24(35)29-19(26(37)38)10-11-39-3)12-15-13-28-18-7-5-4-6-16(15)18/h4-7,13-14,17,19-20,22,28H,8-12,27H2,1-3H3,(H,29,35)(H,30,36)(H,31,34)(H,32,33)(H,37,38). The van der Waals surface area contributed by atoms with E-state index in [9.17, 15) is 29.1 Å².